The van der Waals surface area contributed by atoms with Gasteiger partial charge in [0.2, 0.25) is 0 Å². The Labute approximate surface area is 152 Å². The number of carbonyl (C=O) groups excluding carboxylic acids is 2. The summed E-state index contributed by atoms with van der Waals surface area (Å²) < 4.78 is 5.78. The number of amides is 2. The average Bonchev–Trinajstić information content (AvgIpc) is 2.62. The van der Waals surface area contributed by atoms with Crippen molar-refractivity contribution < 1.29 is 19.4 Å². The molecule has 0 aliphatic rings. The molecule has 0 radical (unpaired) electrons. The van der Waals surface area contributed by atoms with Gasteiger partial charge in [0.15, 0.2) is 0 Å². The van der Waals surface area contributed by atoms with Gasteiger partial charge in [-0.1, -0.05) is 15.9 Å². The number of hydrogen-bond acceptors (Lipinski definition) is 5. The lowest BCUT2D eigenvalue weighted by atomic mass is 10.2. The number of nitrogens with zero attached hydrogens (tertiary/aromatic N) is 1. The van der Waals surface area contributed by atoms with Crippen LogP contribution in [-0.2, 0) is 4.79 Å². The van der Waals surface area contributed by atoms with Crippen molar-refractivity contribution in [3.8, 4) is 11.5 Å². The Kier molecular flexibility index (Phi) is 6.53. The first-order valence-electron chi connectivity index (χ1n) is 7.22. The molecular weight excluding hydrogens is 390 g/mol. The molecule has 2 amide bonds. The zero-order chi connectivity index (χ0) is 18.2. The molecule has 0 atom stereocenters. The van der Waals surface area contributed by atoms with Gasteiger partial charge in [0.05, 0.1) is 19.9 Å². The van der Waals surface area contributed by atoms with E-state index >= 15 is 0 Å². The Morgan fingerprint density at radius 3 is 2.64 bits per heavy atom. The van der Waals surface area contributed by atoms with Crippen LogP contribution >= 0.6 is 15.9 Å². The first-order valence-corrected chi connectivity index (χ1v) is 8.01. The molecule has 0 aliphatic carbocycles. The number of nitrogens with one attached hydrogen (secondary N) is 2. The topological polar surface area (TPSA) is 100 Å². The number of phenolic OH excluding ortho intramolecular Hbond substituents is 1. The molecule has 0 fully saturated rings. The summed E-state index contributed by atoms with van der Waals surface area (Å²) in [6.45, 7) is -0.229. The summed E-state index contributed by atoms with van der Waals surface area (Å²) in [6, 6.07) is 11.3. The SMILES string of the molecule is COc1ccc(C(=O)NCC(=O)NN=Cc2cc(Br)ccc2O)cc1. The van der Waals surface area contributed by atoms with Crippen LogP contribution in [0.25, 0.3) is 0 Å². The van der Waals surface area contributed by atoms with Crippen molar-refractivity contribution in [2.75, 3.05) is 13.7 Å². The van der Waals surface area contributed by atoms with Crippen LogP contribution in [0.5, 0.6) is 11.5 Å². The van der Waals surface area contributed by atoms with Gasteiger partial charge in [-0.15, -0.1) is 0 Å². The monoisotopic (exact) mass is 405 g/mol. The van der Waals surface area contributed by atoms with E-state index in [-0.39, 0.29) is 18.2 Å². The molecule has 0 heterocycles. The normalized spacial score (nSPS) is 10.5. The molecule has 0 saturated carbocycles. The Bertz CT molecular complexity index is 791. The molecule has 130 valence electrons. The van der Waals surface area contributed by atoms with E-state index in [1.54, 1.807) is 36.4 Å². The number of methoxy groups -OCH3 is 1. The van der Waals surface area contributed by atoms with Crippen molar-refractivity contribution in [1.29, 1.82) is 0 Å². The van der Waals surface area contributed by atoms with Gasteiger partial charge in [-0.05, 0) is 42.5 Å². The maximum atomic E-state index is 11.9. The maximum absolute atomic E-state index is 11.9. The summed E-state index contributed by atoms with van der Waals surface area (Å²) >= 11 is 3.27. The Morgan fingerprint density at radius 2 is 1.96 bits per heavy atom. The molecule has 0 aliphatic heterocycles. The van der Waals surface area contributed by atoms with Gasteiger partial charge in [-0.3, -0.25) is 9.59 Å². The summed E-state index contributed by atoms with van der Waals surface area (Å²) in [6.07, 6.45) is 1.31. The molecule has 0 aromatic heterocycles. The van der Waals surface area contributed by atoms with Gasteiger partial charge in [-0.2, -0.15) is 5.10 Å². The Morgan fingerprint density at radius 1 is 1.24 bits per heavy atom. The molecule has 2 aromatic rings. The largest absolute Gasteiger partial charge is 0.507 e. The van der Waals surface area contributed by atoms with Crippen molar-refractivity contribution in [3.05, 3.63) is 58.1 Å². The number of halogens is 1. The van der Waals surface area contributed by atoms with E-state index in [2.05, 4.69) is 31.8 Å². The van der Waals surface area contributed by atoms with E-state index in [0.29, 0.717) is 16.9 Å². The molecule has 2 aromatic carbocycles. The van der Waals surface area contributed by atoms with Crippen molar-refractivity contribution in [2.24, 2.45) is 5.10 Å². The highest BCUT2D eigenvalue weighted by molar-refractivity contribution is 9.10. The molecular formula is C17H16BrN3O4. The average molecular weight is 406 g/mol. The molecule has 0 spiro atoms. The number of carbonyl (C=O) groups is 2. The summed E-state index contributed by atoms with van der Waals surface area (Å²) in [7, 11) is 1.54. The molecule has 0 saturated heterocycles. The number of ether oxygens (including phenoxy) is 1. The van der Waals surface area contributed by atoms with E-state index in [9.17, 15) is 14.7 Å². The lowest BCUT2D eigenvalue weighted by Gasteiger charge is -2.05. The van der Waals surface area contributed by atoms with Gasteiger partial charge in [-0.25, -0.2) is 5.43 Å². The van der Waals surface area contributed by atoms with E-state index in [1.807, 2.05) is 0 Å². The second kappa shape index (κ2) is 8.84. The number of rotatable bonds is 6. The summed E-state index contributed by atoms with van der Waals surface area (Å²) in [5.74, 6) is -0.201. The minimum absolute atomic E-state index is 0.0361. The van der Waals surface area contributed by atoms with Crippen LogP contribution in [0.1, 0.15) is 15.9 Å². The fraction of sp³-hybridized carbons (Fsp3) is 0.118. The van der Waals surface area contributed by atoms with Crippen LogP contribution in [0.15, 0.2) is 52.0 Å². The van der Waals surface area contributed by atoms with Crippen molar-refractivity contribution in [3.63, 3.8) is 0 Å². The third-order valence-corrected chi connectivity index (χ3v) is 3.64. The highest BCUT2D eigenvalue weighted by Crippen LogP contribution is 2.19. The van der Waals surface area contributed by atoms with Crippen LogP contribution in [0, 0.1) is 0 Å². The van der Waals surface area contributed by atoms with Crippen LogP contribution in [0.3, 0.4) is 0 Å². The molecule has 2 rings (SSSR count). The first-order chi connectivity index (χ1) is 12.0. The minimum Gasteiger partial charge on any atom is -0.507 e. The molecule has 8 heteroatoms. The van der Waals surface area contributed by atoms with E-state index in [4.69, 9.17) is 4.74 Å². The van der Waals surface area contributed by atoms with Crippen LogP contribution < -0.4 is 15.5 Å². The first kappa shape index (κ1) is 18.5. The lowest BCUT2D eigenvalue weighted by Crippen LogP contribution is -2.34. The van der Waals surface area contributed by atoms with Crippen molar-refractivity contribution in [2.45, 2.75) is 0 Å². The summed E-state index contributed by atoms with van der Waals surface area (Å²) in [5.41, 5.74) is 3.13. The minimum atomic E-state index is -0.493. The smallest absolute Gasteiger partial charge is 0.259 e. The highest BCUT2D eigenvalue weighted by atomic mass is 79.9. The molecule has 0 unspecified atom stereocenters. The third-order valence-electron chi connectivity index (χ3n) is 3.14. The second-order valence-electron chi connectivity index (χ2n) is 4.91. The van der Waals surface area contributed by atoms with Gasteiger partial charge < -0.3 is 15.2 Å². The standard InChI is InChI=1S/C17H16BrN3O4/c1-25-14-5-2-11(3-6-14)17(24)19-10-16(23)21-20-9-12-8-13(18)4-7-15(12)22/h2-9,22H,10H2,1H3,(H,19,24)(H,21,23). The van der Waals surface area contributed by atoms with Crippen molar-refractivity contribution >= 4 is 34.0 Å². The van der Waals surface area contributed by atoms with Gasteiger partial charge >= 0.3 is 0 Å². The number of benzene rings is 2. The summed E-state index contributed by atoms with van der Waals surface area (Å²) in [4.78, 5) is 23.6. The van der Waals surface area contributed by atoms with E-state index in [0.717, 1.165) is 4.47 Å². The zero-order valence-electron chi connectivity index (χ0n) is 13.3. The second-order valence-corrected chi connectivity index (χ2v) is 5.82. The maximum Gasteiger partial charge on any atom is 0.259 e. The lowest BCUT2D eigenvalue weighted by molar-refractivity contribution is -0.120. The molecule has 0 bridgehead atoms. The van der Waals surface area contributed by atoms with E-state index in [1.165, 1.54) is 19.4 Å². The fourth-order valence-electron chi connectivity index (χ4n) is 1.85. The molecule has 3 N–H and O–H groups in total. The van der Waals surface area contributed by atoms with Crippen LogP contribution in [-0.4, -0.2) is 36.8 Å². The molecule has 25 heavy (non-hydrogen) atoms. The highest BCUT2D eigenvalue weighted by Gasteiger charge is 2.07. The molecule has 7 nitrogen and oxygen atoms in total. The summed E-state index contributed by atoms with van der Waals surface area (Å²) in [5, 5.41) is 15.9. The predicted molar refractivity (Wildman–Crippen MR) is 96.9 cm³/mol. The number of phenols is 1. The number of aromatic hydroxyl groups is 1. The van der Waals surface area contributed by atoms with Gasteiger partial charge in [0.25, 0.3) is 11.8 Å². The van der Waals surface area contributed by atoms with Crippen molar-refractivity contribution in [1.82, 2.24) is 10.7 Å². The Balaban J connectivity index is 1.82. The number of hydrazone groups is 1. The Hall–Kier alpha value is -2.87. The van der Waals surface area contributed by atoms with Gasteiger partial charge in [0.1, 0.15) is 11.5 Å². The number of hydrogen-bond donors (Lipinski definition) is 3. The van der Waals surface area contributed by atoms with Crippen LogP contribution in [0.2, 0.25) is 0 Å². The van der Waals surface area contributed by atoms with Gasteiger partial charge in [0, 0.05) is 15.6 Å². The zero-order valence-corrected chi connectivity index (χ0v) is 14.9. The quantitative estimate of drug-likeness (QED) is 0.505. The van der Waals surface area contributed by atoms with Crippen LogP contribution in [0.4, 0.5) is 0 Å². The third kappa shape index (κ3) is 5.61. The predicted octanol–water partition coefficient (Wildman–Crippen LogP) is 2.04. The van der Waals surface area contributed by atoms with E-state index < -0.39 is 5.91 Å². The fourth-order valence-corrected chi connectivity index (χ4v) is 2.23.